The van der Waals surface area contributed by atoms with Crippen molar-refractivity contribution in [3.05, 3.63) is 53.1 Å². The summed E-state index contributed by atoms with van der Waals surface area (Å²) in [5.74, 6) is 0.124. The Labute approximate surface area is 164 Å². The number of anilines is 1. The van der Waals surface area contributed by atoms with Gasteiger partial charge in [0.2, 0.25) is 0 Å². The van der Waals surface area contributed by atoms with E-state index in [0.717, 1.165) is 5.56 Å². The van der Waals surface area contributed by atoms with Crippen LogP contribution in [0.2, 0.25) is 0 Å². The zero-order valence-electron chi connectivity index (χ0n) is 16.2. The topological polar surface area (TPSA) is 104 Å². The SMILES string of the molecule is COc1cc(OC(=O)OC(C)(C)C)c(C#N)c(NCc2ccccc2)c1C#N. The Morgan fingerprint density at radius 2 is 1.68 bits per heavy atom. The summed E-state index contributed by atoms with van der Waals surface area (Å²) in [4.78, 5) is 12.1. The minimum absolute atomic E-state index is 0.0131. The van der Waals surface area contributed by atoms with Crippen LogP contribution in [0, 0.1) is 22.7 Å². The van der Waals surface area contributed by atoms with Crippen LogP contribution in [0.3, 0.4) is 0 Å². The lowest BCUT2D eigenvalue weighted by molar-refractivity contribution is 0.0205. The molecule has 0 aliphatic heterocycles. The monoisotopic (exact) mass is 379 g/mol. The van der Waals surface area contributed by atoms with Crippen LogP contribution in [-0.4, -0.2) is 18.9 Å². The number of hydrogen-bond donors (Lipinski definition) is 1. The van der Waals surface area contributed by atoms with E-state index >= 15 is 0 Å². The summed E-state index contributed by atoms with van der Waals surface area (Å²) < 4.78 is 15.6. The molecule has 2 aromatic carbocycles. The van der Waals surface area contributed by atoms with Crippen molar-refractivity contribution in [1.82, 2.24) is 0 Å². The molecule has 0 fully saturated rings. The molecular formula is C21H21N3O4. The van der Waals surface area contributed by atoms with E-state index in [1.54, 1.807) is 20.8 Å². The second kappa shape index (κ2) is 8.79. The molecule has 0 bridgehead atoms. The maximum absolute atomic E-state index is 12.1. The van der Waals surface area contributed by atoms with Gasteiger partial charge in [0.15, 0.2) is 5.75 Å². The largest absolute Gasteiger partial charge is 0.514 e. The molecule has 0 aliphatic rings. The number of methoxy groups -OCH3 is 1. The molecule has 144 valence electrons. The van der Waals surface area contributed by atoms with Crippen molar-refractivity contribution in [2.75, 3.05) is 12.4 Å². The molecule has 0 aromatic heterocycles. The molecule has 0 aliphatic carbocycles. The zero-order chi connectivity index (χ0) is 20.7. The van der Waals surface area contributed by atoms with Gasteiger partial charge in [0.05, 0.1) is 12.8 Å². The Kier molecular flexibility index (Phi) is 6.46. The number of nitriles is 2. The van der Waals surface area contributed by atoms with Crippen LogP contribution in [-0.2, 0) is 11.3 Å². The summed E-state index contributed by atoms with van der Waals surface area (Å²) in [5.41, 5.74) is 0.583. The van der Waals surface area contributed by atoms with Gasteiger partial charge in [-0.25, -0.2) is 4.79 Å². The second-order valence-corrected chi connectivity index (χ2v) is 6.83. The molecule has 0 atom stereocenters. The maximum atomic E-state index is 12.1. The lowest BCUT2D eigenvalue weighted by atomic mass is 10.1. The molecule has 0 amide bonds. The molecule has 28 heavy (non-hydrogen) atoms. The first kappa shape index (κ1) is 20.6. The molecule has 0 spiro atoms. The van der Waals surface area contributed by atoms with E-state index < -0.39 is 11.8 Å². The van der Waals surface area contributed by atoms with Gasteiger partial charge in [-0.05, 0) is 26.3 Å². The van der Waals surface area contributed by atoms with Crippen LogP contribution in [0.1, 0.15) is 37.5 Å². The van der Waals surface area contributed by atoms with Crippen molar-refractivity contribution in [3.8, 4) is 23.6 Å². The van der Waals surface area contributed by atoms with E-state index in [1.807, 2.05) is 42.5 Å². The quantitative estimate of drug-likeness (QED) is 0.608. The Morgan fingerprint density at radius 1 is 1.07 bits per heavy atom. The number of benzene rings is 2. The van der Waals surface area contributed by atoms with Gasteiger partial charge in [-0.15, -0.1) is 0 Å². The van der Waals surface area contributed by atoms with Gasteiger partial charge >= 0.3 is 6.16 Å². The maximum Gasteiger partial charge on any atom is 0.514 e. The van der Waals surface area contributed by atoms with Gasteiger partial charge in [0.25, 0.3) is 0 Å². The standard InChI is InChI=1S/C21H21N3O4/c1-21(2,3)28-20(25)27-18-10-17(26-4)15(11-22)19(16(18)12-23)24-13-14-8-6-5-7-9-14/h5-10,24H,13H2,1-4H3. The Hall–Kier alpha value is -3.71. The highest BCUT2D eigenvalue weighted by Crippen LogP contribution is 2.37. The van der Waals surface area contributed by atoms with Gasteiger partial charge in [-0.2, -0.15) is 10.5 Å². The Morgan fingerprint density at radius 3 is 2.21 bits per heavy atom. The minimum Gasteiger partial charge on any atom is -0.495 e. The molecule has 0 radical (unpaired) electrons. The summed E-state index contributed by atoms with van der Waals surface area (Å²) >= 11 is 0. The predicted octanol–water partition coefficient (Wildman–Crippen LogP) is 4.36. The molecule has 0 saturated heterocycles. The first-order valence-corrected chi connectivity index (χ1v) is 8.53. The first-order valence-electron chi connectivity index (χ1n) is 8.53. The van der Waals surface area contributed by atoms with E-state index in [1.165, 1.54) is 13.2 Å². The number of rotatable bonds is 5. The summed E-state index contributed by atoms with van der Waals surface area (Å²) in [6, 6.07) is 14.8. The average molecular weight is 379 g/mol. The summed E-state index contributed by atoms with van der Waals surface area (Å²) in [6.07, 6.45) is -0.954. The molecule has 7 heteroatoms. The van der Waals surface area contributed by atoms with Crippen LogP contribution >= 0.6 is 0 Å². The second-order valence-electron chi connectivity index (χ2n) is 6.83. The molecule has 2 aromatic rings. The van der Waals surface area contributed by atoms with E-state index in [0.29, 0.717) is 6.54 Å². The van der Waals surface area contributed by atoms with Gasteiger partial charge in [-0.1, -0.05) is 30.3 Å². The van der Waals surface area contributed by atoms with Gasteiger partial charge in [-0.3, -0.25) is 0 Å². The normalized spacial score (nSPS) is 10.4. The van der Waals surface area contributed by atoms with Crippen molar-refractivity contribution < 1.29 is 19.0 Å². The lowest BCUT2D eigenvalue weighted by Crippen LogP contribution is -2.26. The highest BCUT2D eigenvalue weighted by molar-refractivity contribution is 5.78. The Balaban J connectivity index is 2.45. The summed E-state index contributed by atoms with van der Waals surface area (Å²) in [5, 5.41) is 22.3. The average Bonchev–Trinajstić information content (AvgIpc) is 2.64. The number of ether oxygens (including phenoxy) is 3. The van der Waals surface area contributed by atoms with Crippen molar-refractivity contribution in [3.63, 3.8) is 0 Å². The van der Waals surface area contributed by atoms with Gasteiger partial charge in [0, 0.05) is 12.6 Å². The molecular weight excluding hydrogens is 358 g/mol. The molecule has 7 nitrogen and oxygen atoms in total. The van der Waals surface area contributed by atoms with Crippen molar-refractivity contribution in [2.45, 2.75) is 32.9 Å². The van der Waals surface area contributed by atoms with Crippen LogP contribution in [0.25, 0.3) is 0 Å². The van der Waals surface area contributed by atoms with Crippen molar-refractivity contribution >= 4 is 11.8 Å². The Bertz CT molecular complexity index is 935. The fourth-order valence-corrected chi connectivity index (χ4v) is 2.42. The summed E-state index contributed by atoms with van der Waals surface area (Å²) in [7, 11) is 1.39. The van der Waals surface area contributed by atoms with E-state index in [-0.39, 0.29) is 28.3 Å². The number of nitrogens with one attached hydrogen (secondary N) is 1. The number of carbonyl (C=O) groups is 1. The zero-order valence-corrected chi connectivity index (χ0v) is 16.2. The third kappa shape index (κ3) is 5.15. The lowest BCUT2D eigenvalue weighted by Gasteiger charge is -2.20. The van der Waals surface area contributed by atoms with Gasteiger partial charge in [0.1, 0.15) is 34.6 Å². The van der Waals surface area contributed by atoms with Crippen LogP contribution in [0.4, 0.5) is 10.5 Å². The van der Waals surface area contributed by atoms with Crippen LogP contribution in [0.5, 0.6) is 11.5 Å². The molecule has 1 N–H and O–H groups in total. The molecule has 0 saturated carbocycles. The molecule has 2 rings (SSSR count). The van der Waals surface area contributed by atoms with E-state index in [4.69, 9.17) is 14.2 Å². The number of hydrogen-bond acceptors (Lipinski definition) is 7. The first-order chi connectivity index (χ1) is 13.3. The predicted molar refractivity (Wildman–Crippen MR) is 103 cm³/mol. The smallest absolute Gasteiger partial charge is 0.495 e. The number of carbonyl (C=O) groups excluding carboxylic acids is 1. The minimum atomic E-state index is -0.954. The molecule has 0 unspecified atom stereocenters. The van der Waals surface area contributed by atoms with E-state index in [9.17, 15) is 15.3 Å². The van der Waals surface area contributed by atoms with Crippen LogP contribution in [0.15, 0.2) is 36.4 Å². The highest BCUT2D eigenvalue weighted by Gasteiger charge is 2.24. The van der Waals surface area contributed by atoms with Crippen LogP contribution < -0.4 is 14.8 Å². The third-order valence-electron chi connectivity index (χ3n) is 3.59. The third-order valence-corrected chi connectivity index (χ3v) is 3.59. The highest BCUT2D eigenvalue weighted by atomic mass is 16.7. The van der Waals surface area contributed by atoms with Crippen molar-refractivity contribution in [1.29, 1.82) is 10.5 Å². The van der Waals surface area contributed by atoms with Gasteiger partial charge < -0.3 is 19.5 Å². The fraction of sp³-hybridized carbons (Fsp3) is 0.286. The van der Waals surface area contributed by atoms with E-state index in [2.05, 4.69) is 5.32 Å². The number of nitrogens with zero attached hydrogens (tertiary/aromatic N) is 2. The summed E-state index contributed by atoms with van der Waals surface area (Å²) in [6.45, 7) is 5.46. The molecule has 0 heterocycles. The fourth-order valence-electron chi connectivity index (χ4n) is 2.42. The van der Waals surface area contributed by atoms with Crippen molar-refractivity contribution in [2.24, 2.45) is 0 Å².